The number of benzene rings is 1. The molecule has 0 aliphatic carbocycles. The van der Waals surface area contributed by atoms with E-state index in [9.17, 15) is 9.59 Å². The van der Waals surface area contributed by atoms with Crippen LogP contribution >= 0.6 is 11.3 Å². The molecule has 1 aromatic carbocycles. The second-order valence-electron chi connectivity index (χ2n) is 6.36. The molecule has 0 spiro atoms. The van der Waals surface area contributed by atoms with Crippen LogP contribution in [0.4, 0.5) is 0 Å². The van der Waals surface area contributed by atoms with Crippen LogP contribution in [0.3, 0.4) is 0 Å². The Balaban J connectivity index is 1.61. The highest BCUT2D eigenvalue weighted by atomic mass is 32.1. The number of amides is 2. The monoisotopic (exact) mass is 358 g/mol. The molecule has 132 valence electrons. The van der Waals surface area contributed by atoms with E-state index in [1.807, 2.05) is 46.7 Å². The standard InChI is InChI=1S/C19H23N3O2S/c1-15(23)22-11-9-21(10-12-22)14-18(24)20-19(17-8-5-13-25-17)16-6-3-2-4-7-16/h2-8,13,19H,9-12,14H2,1H3,(H,20,24)/p+1/t19-/m1/s1. The number of hydrogen-bond donors (Lipinski definition) is 2. The summed E-state index contributed by atoms with van der Waals surface area (Å²) in [6.07, 6.45) is 0. The summed E-state index contributed by atoms with van der Waals surface area (Å²) in [5, 5.41) is 5.22. The lowest BCUT2D eigenvalue weighted by molar-refractivity contribution is -0.896. The summed E-state index contributed by atoms with van der Waals surface area (Å²) >= 11 is 1.65. The molecule has 1 fully saturated rings. The maximum Gasteiger partial charge on any atom is 0.275 e. The second kappa shape index (κ2) is 8.27. The molecule has 0 radical (unpaired) electrons. The molecule has 2 amide bonds. The molecule has 2 aromatic rings. The number of piperazine rings is 1. The first kappa shape index (κ1) is 17.6. The Hall–Kier alpha value is -2.18. The van der Waals surface area contributed by atoms with E-state index in [1.165, 1.54) is 4.90 Å². The van der Waals surface area contributed by atoms with Crippen molar-refractivity contribution in [1.82, 2.24) is 10.2 Å². The Bertz CT molecular complexity index is 695. The zero-order valence-electron chi connectivity index (χ0n) is 14.4. The van der Waals surface area contributed by atoms with Crippen LogP contribution in [0.15, 0.2) is 47.8 Å². The molecule has 1 aliphatic heterocycles. The van der Waals surface area contributed by atoms with Crippen LogP contribution < -0.4 is 10.2 Å². The average Bonchev–Trinajstić information content (AvgIpc) is 3.15. The minimum absolute atomic E-state index is 0.0496. The van der Waals surface area contributed by atoms with Gasteiger partial charge < -0.3 is 15.1 Å². The van der Waals surface area contributed by atoms with Crippen LogP contribution in [0, 0.1) is 0 Å². The number of hydrogen-bond acceptors (Lipinski definition) is 3. The van der Waals surface area contributed by atoms with E-state index in [-0.39, 0.29) is 17.9 Å². The second-order valence-corrected chi connectivity index (χ2v) is 7.34. The van der Waals surface area contributed by atoms with Gasteiger partial charge in [-0.05, 0) is 17.0 Å². The molecular formula is C19H24N3O2S+. The molecule has 2 heterocycles. The number of nitrogens with one attached hydrogen (secondary N) is 2. The summed E-state index contributed by atoms with van der Waals surface area (Å²) < 4.78 is 0. The molecule has 1 saturated heterocycles. The van der Waals surface area contributed by atoms with Crippen molar-refractivity contribution in [2.45, 2.75) is 13.0 Å². The Labute approximate surface area is 152 Å². The lowest BCUT2D eigenvalue weighted by atomic mass is 10.1. The SMILES string of the molecule is CC(=O)N1CC[NH+](CC(=O)N[C@H](c2ccccc2)c2cccs2)CC1. The van der Waals surface area contributed by atoms with Crippen molar-refractivity contribution in [2.24, 2.45) is 0 Å². The van der Waals surface area contributed by atoms with E-state index in [4.69, 9.17) is 0 Å². The van der Waals surface area contributed by atoms with Crippen LogP contribution in [0.2, 0.25) is 0 Å². The summed E-state index contributed by atoms with van der Waals surface area (Å²) in [6.45, 7) is 5.14. The number of carbonyl (C=O) groups excluding carboxylic acids is 2. The number of nitrogens with zero attached hydrogens (tertiary/aromatic N) is 1. The first-order chi connectivity index (χ1) is 12.1. The van der Waals surface area contributed by atoms with Crippen LogP contribution in [0.25, 0.3) is 0 Å². The van der Waals surface area contributed by atoms with Crippen LogP contribution in [-0.2, 0) is 9.59 Å². The molecule has 1 aromatic heterocycles. The van der Waals surface area contributed by atoms with E-state index >= 15 is 0 Å². The van der Waals surface area contributed by atoms with Crippen molar-refractivity contribution in [2.75, 3.05) is 32.7 Å². The van der Waals surface area contributed by atoms with Gasteiger partial charge in [0.05, 0.1) is 32.2 Å². The lowest BCUT2D eigenvalue weighted by Crippen LogP contribution is -3.15. The van der Waals surface area contributed by atoms with Crippen LogP contribution in [0.5, 0.6) is 0 Å². The fraction of sp³-hybridized carbons (Fsp3) is 0.368. The van der Waals surface area contributed by atoms with Gasteiger partial charge in [-0.3, -0.25) is 9.59 Å². The Morgan fingerprint density at radius 1 is 1.16 bits per heavy atom. The van der Waals surface area contributed by atoms with E-state index in [2.05, 4.69) is 11.4 Å². The molecular weight excluding hydrogens is 334 g/mol. The summed E-state index contributed by atoms with van der Waals surface area (Å²) in [6, 6.07) is 14.0. The van der Waals surface area contributed by atoms with Gasteiger partial charge in [-0.1, -0.05) is 36.4 Å². The van der Waals surface area contributed by atoms with Crippen molar-refractivity contribution < 1.29 is 14.5 Å². The summed E-state index contributed by atoms with van der Waals surface area (Å²) in [4.78, 5) is 28.2. The first-order valence-electron chi connectivity index (χ1n) is 8.60. The molecule has 0 saturated carbocycles. The van der Waals surface area contributed by atoms with Crippen LogP contribution in [-0.4, -0.2) is 49.4 Å². The molecule has 3 rings (SSSR count). The zero-order valence-corrected chi connectivity index (χ0v) is 15.2. The van der Waals surface area contributed by atoms with Gasteiger partial charge >= 0.3 is 0 Å². The van der Waals surface area contributed by atoms with Gasteiger partial charge in [0.1, 0.15) is 0 Å². The predicted molar refractivity (Wildman–Crippen MR) is 98.6 cm³/mol. The van der Waals surface area contributed by atoms with E-state index in [1.54, 1.807) is 18.3 Å². The summed E-state index contributed by atoms with van der Waals surface area (Å²) in [5.41, 5.74) is 1.09. The number of thiophene rings is 1. The smallest absolute Gasteiger partial charge is 0.275 e. The largest absolute Gasteiger partial charge is 0.339 e. The lowest BCUT2D eigenvalue weighted by Gasteiger charge is -2.31. The molecule has 1 atom stereocenters. The van der Waals surface area contributed by atoms with Gasteiger partial charge in [-0.2, -0.15) is 0 Å². The van der Waals surface area contributed by atoms with Crippen molar-refractivity contribution in [3.63, 3.8) is 0 Å². The van der Waals surface area contributed by atoms with E-state index in [0.29, 0.717) is 6.54 Å². The molecule has 2 N–H and O–H groups in total. The quantitative estimate of drug-likeness (QED) is 0.827. The molecule has 0 bridgehead atoms. The number of quaternary nitrogens is 1. The van der Waals surface area contributed by atoms with Gasteiger partial charge in [0.2, 0.25) is 5.91 Å². The van der Waals surface area contributed by atoms with Gasteiger partial charge in [0.25, 0.3) is 5.91 Å². The molecule has 6 heteroatoms. The average molecular weight is 358 g/mol. The molecule has 0 unspecified atom stereocenters. The van der Waals surface area contributed by atoms with Crippen molar-refractivity contribution in [3.8, 4) is 0 Å². The fourth-order valence-electron chi connectivity index (χ4n) is 3.17. The molecule has 5 nitrogen and oxygen atoms in total. The predicted octanol–water partition coefficient (Wildman–Crippen LogP) is 0.701. The Kier molecular flexibility index (Phi) is 5.83. The number of rotatable bonds is 5. The maximum atomic E-state index is 12.6. The maximum absolute atomic E-state index is 12.6. The molecule has 25 heavy (non-hydrogen) atoms. The highest BCUT2D eigenvalue weighted by molar-refractivity contribution is 7.10. The van der Waals surface area contributed by atoms with Crippen molar-refractivity contribution >= 4 is 23.2 Å². The normalized spacial score (nSPS) is 16.4. The first-order valence-corrected chi connectivity index (χ1v) is 9.48. The number of carbonyl (C=O) groups is 2. The zero-order chi connectivity index (χ0) is 17.6. The van der Waals surface area contributed by atoms with Gasteiger partial charge in [0.15, 0.2) is 6.54 Å². The Morgan fingerprint density at radius 2 is 1.88 bits per heavy atom. The summed E-state index contributed by atoms with van der Waals surface area (Å²) in [7, 11) is 0. The van der Waals surface area contributed by atoms with Gasteiger partial charge in [-0.25, -0.2) is 0 Å². The third-order valence-corrected chi connectivity index (χ3v) is 5.53. The van der Waals surface area contributed by atoms with Crippen molar-refractivity contribution in [1.29, 1.82) is 0 Å². The van der Waals surface area contributed by atoms with Crippen molar-refractivity contribution in [3.05, 3.63) is 58.3 Å². The van der Waals surface area contributed by atoms with E-state index in [0.717, 1.165) is 36.6 Å². The minimum atomic E-state index is -0.105. The highest BCUT2D eigenvalue weighted by Gasteiger charge is 2.25. The van der Waals surface area contributed by atoms with Crippen LogP contribution in [0.1, 0.15) is 23.4 Å². The third-order valence-electron chi connectivity index (χ3n) is 4.59. The third kappa shape index (κ3) is 4.67. The topological polar surface area (TPSA) is 53.9 Å². The molecule has 1 aliphatic rings. The van der Waals surface area contributed by atoms with Gasteiger partial charge in [0, 0.05) is 11.8 Å². The minimum Gasteiger partial charge on any atom is -0.339 e. The van der Waals surface area contributed by atoms with E-state index < -0.39 is 0 Å². The fourth-order valence-corrected chi connectivity index (χ4v) is 3.98. The summed E-state index contributed by atoms with van der Waals surface area (Å²) in [5.74, 6) is 0.166. The highest BCUT2D eigenvalue weighted by Crippen LogP contribution is 2.25. The van der Waals surface area contributed by atoms with Gasteiger partial charge in [-0.15, -0.1) is 11.3 Å². The Morgan fingerprint density at radius 3 is 2.48 bits per heavy atom.